The molecule has 0 aliphatic heterocycles. The Morgan fingerprint density at radius 1 is 1.00 bits per heavy atom. The number of alkyl carbamates (subject to hydrolysis) is 1. The van der Waals surface area contributed by atoms with Crippen LogP contribution in [-0.2, 0) is 20.9 Å². The molecule has 144 valence electrons. The third kappa shape index (κ3) is 8.36. The van der Waals surface area contributed by atoms with Crippen molar-refractivity contribution >= 4 is 23.6 Å². The Morgan fingerprint density at radius 2 is 1.58 bits per heavy atom. The van der Waals surface area contributed by atoms with Crippen molar-refractivity contribution in [2.45, 2.75) is 39.1 Å². The van der Waals surface area contributed by atoms with Crippen LogP contribution in [0.3, 0.4) is 0 Å². The fourth-order valence-corrected chi connectivity index (χ4v) is 1.66. The van der Waals surface area contributed by atoms with Crippen LogP contribution >= 0.6 is 0 Å². The van der Waals surface area contributed by atoms with Crippen molar-refractivity contribution in [1.82, 2.24) is 10.6 Å². The first-order valence-electron chi connectivity index (χ1n) is 7.57. The minimum absolute atomic E-state index is 0.299. The zero-order valence-electron chi connectivity index (χ0n) is 14.5. The van der Waals surface area contributed by atoms with Crippen molar-refractivity contribution in [3.8, 4) is 0 Å². The van der Waals surface area contributed by atoms with E-state index in [-0.39, 0.29) is 13.1 Å². The van der Waals surface area contributed by atoms with E-state index in [2.05, 4.69) is 10.6 Å². The van der Waals surface area contributed by atoms with Crippen LogP contribution in [0.4, 0.5) is 23.7 Å². The monoisotopic (exact) mass is 375 g/mol. The lowest BCUT2D eigenvalue weighted by Gasteiger charge is -2.19. The summed E-state index contributed by atoms with van der Waals surface area (Å²) in [5.74, 6) is -2.53. The van der Waals surface area contributed by atoms with Gasteiger partial charge in [0.1, 0.15) is 12.1 Å². The second kappa shape index (κ2) is 8.54. The van der Waals surface area contributed by atoms with Crippen molar-refractivity contribution in [2.75, 3.05) is 11.9 Å². The van der Waals surface area contributed by atoms with Crippen LogP contribution < -0.4 is 16.0 Å². The number of nitrogens with one attached hydrogen (secondary N) is 3. The van der Waals surface area contributed by atoms with Gasteiger partial charge in [-0.3, -0.25) is 9.59 Å². The summed E-state index contributed by atoms with van der Waals surface area (Å²) >= 11 is 0. The van der Waals surface area contributed by atoms with Crippen LogP contribution in [0, 0.1) is 0 Å². The molecule has 0 aliphatic rings. The lowest BCUT2D eigenvalue weighted by molar-refractivity contribution is -0.173. The van der Waals surface area contributed by atoms with Gasteiger partial charge in [0.05, 0.1) is 0 Å². The Balaban J connectivity index is 2.43. The predicted octanol–water partition coefficient (Wildman–Crippen LogP) is 2.33. The maximum atomic E-state index is 12.1. The number of benzene rings is 1. The molecule has 0 saturated carbocycles. The molecule has 1 aromatic rings. The van der Waals surface area contributed by atoms with Gasteiger partial charge in [0, 0.05) is 12.2 Å². The number of alkyl halides is 3. The first-order chi connectivity index (χ1) is 11.9. The van der Waals surface area contributed by atoms with Crippen LogP contribution in [0.15, 0.2) is 24.3 Å². The summed E-state index contributed by atoms with van der Waals surface area (Å²) in [4.78, 5) is 33.9. The van der Waals surface area contributed by atoms with E-state index in [0.717, 1.165) is 0 Å². The number of anilines is 1. The molecule has 1 rings (SSSR count). The molecule has 0 radical (unpaired) electrons. The molecule has 0 atom stereocenters. The highest BCUT2D eigenvalue weighted by Gasteiger charge is 2.38. The van der Waals surface area contributed by atoms with Gasteiger partial charge in [-0.25, -0.2) is 4.79 Å². The summed E-state index contributed by atoms with van der Waals surface area (Å²) < 4.78 is 41.2. The molecule has 0 aliphatic carbocycles. The standard InChI is InChI=1S/C16H20F3N3O4/c1-15(2,3)26-14(25)21-9-12(23)22-11-6-4-10(5-7-11)8-20-13(24)16(17,18)19/h4-7H,8-9H2,1-3H3,(H,20,24)(H,21,25)(H,22,23). The maximum Gasteiger partial charge on any atom is 0.471 e. The van der Waals surface area contributed by atoms with Crippen molar-refractivity contribution in [1.29, 1.82) is 0 Å². The van der Waals surface area contributed by atoms with E-state index < -0.39 is 29.7 Å². The number of hydrogen-bond acceptors (Lipinski definition) is 4. The Morgan fingerprint density at radius 3 is 2.08 bits per heavy atom. The minimum Gasteiger partial charge on any atom is -0.444 e. The molecule has 3 amide bonds. The molecule has 26 heavy (non-hydrogen) atoms. The van der Waals surface area contributed by atoms with Crippen LogP contribution in [0.1, 0.15) is 26.3 Å². The van der Waals surface area contributed by atoms with E-state index in [1.807, 2.05) is 0 Å². The van der Waals surface area contributed by atoms with E-state index in [4.69, 9.17) is 4.74 Å². The highest BCUT2D eigenvalue weighted by Crippen LogP contribution is 2.15. The molecular formula is C16H20F3N3O4. The number of halogens is 3. The molecule has 0 saturated heterocycles. The largest absolute Gasteiger partial charge is 0.471 e. The third-order valence-electron chi connectivity index (χ3n) is 2.74. The lowest BCUT2D eigenvalue weighted by atomic mass is 10.2. The molecule has 10 heteroatoms. The number of rotatable bonds is 5. The summed E-state index contributed by atoms with van der Waals surface area (Å²) in [6.45, 7) is 4.45. The Bertz CT molecular complexity index is 652. The topological polar surface area (TPSA) is 96.5 Å². The molecule has 0 spiro atoms. The van der Waals surface area contributed by atoms with Crippen LogP contribution in [0.2, 0.25) is 0 Å². The van der Waals surface area contributed by atoms with Gasteiger partial charge in [-0.05, 0) is 38.5 Å². The number of carbonyl (C=O) groups is 3. The predicted molar refractivity (Wildman–Crippen MR) is 87.2 cm³/mol. The number of carbonyl (C=O) groups excluding carboxylic acids is 3. The van der Waals surface area contributed by atoms with Crippen LogP contribution in [0.5, 0.6) is 0 Å². The highest BCUT2D eigenvalue weighted by molar-refractivity contribution is 5.93. The molecule has 0 bridgehead atoms. The first kappa shape index (κ1) is 21.3. The van der Waals surface area contributed by atoms with Crippen molar-refractivity contribution in [2.24, 2.45) is 0 Å². The Labute approximate surface area is 148 Å². The summed E-state index contributed by atoms with van der Waals surface area (Å²) in [7, 11) is 0. The second-order valence-electron chi connectivity index (χ2n) is 6.28. The molecule has 0 heterocycles. The first-order valence-corrected chi connectivity index (χ1v) is 7.57. The zero-order chi connectivity index (χ0) is 20.0. The lowest BCUT2D eigenvalue weighted by Crippen LogP contribution is -2.37. The summed E-state index contributed by atoms with van der Waals surface area (Å²) in [6, 6.07) is 5.82. The quantitative estimate of drug-likeness (QED) is 0.736. The molecule has 7 nitrogen and oxygen atoms in total. The van der Waals surface area contributed by atoms with E-state index in [0.29, 0.717) is 11.3 Å². The van der Waals surface area contributed by atoms with E-state index in [1.165, 1.54) is 24.3 Å². The average Bonchev–Trinajstić information content (AvgIpc) is 2.49. The van der Waals surface area contributed by atoms with Crippen LogP contribution in [0.25, 0.3) is 0 Å². The van der Waals surface area contributed by atoms with Crippen LogP contribution in [-0.4, -0.2) is 36.2 Å². The van der Waals surface area contributed by atoms with Gasteiger partial charge in [-0.1, -0.05) is 12.1 Å². The number of hydrogen-bond donors (Lipinski definition) is 3. The van der Waals surface area contributed by atoms with E-state index in [9.17, 15) is 27.6 Å². The summed E-state index contributed by atoms with van der Waals surface area (Å²) in [6.07, 6.45) is -5.67. The van der Waals surface area contributed by atoms with Gasteiger partial charge in [-0.15, -0.1) is 0 Å². The molecule has 3 N–H and O–H groups in total. The Hall–Kier alpha value is -2.78. The average molecular weight is 375 g/mol. The SMILES string of the molecule is CC(C)(C)OC(=O)NCC(=O)Nc1ccc(CNC(=O)C(F)(F)F)cc1. The second-order valence-corrected chi connectivity index (χ2v) is 6.28. The van der Waals surface area contributed by atoms with Gasteiger partial charge in [-0.2, -0.15) is 13.2 Å². The van der Waals surface area contributed by atoms with E-state index >= 15 is 0 Å². The fraction of sp³-hybridized carbons (Fsp3) is 0.438. The zero-order valence-corrected chi connectivity index (χ0v) is 14.5. The normalized spacial score (nSPS) is 11.5. The maximum absolute atomic E-state index is 12.1. The molecule has 0 aromatic heterocycles. The number of ether oxygens (including phenoxy) is 1. The fourth-order valence-electron chi connectivity index (χ4n) is 1.66. The molecule has 0 fully saturated rings. The van der Waals surface area contributed by atoms with Gasteiger partial charge < -0.3 is 20.7 Å². The van der Waals surface area contributed by atoms with Gasteiger partial charge >= 0.3 is 18.2 Å². The molecule has 0 unspecified atom stereocenters. The summed E-state index contributed by atoms with van der Waals surface area (Å²) in [5.41, 5.74) is 0.122. The van der Waals surface area contributed by atoms with E-state index in [1.54, 1.807) is 26.1 Å². The van der Waals surface area contributed by atoms with Crippen molar-refractivity contribution in [3.63, 3.8) is 0 Å². The highest BCUT2D eigenvalue weighted by atomic mass is 19.4. The third-order valence-corrected chi connectivity index (χ3v) is 2.74. The molecular weight excluding hydrogens is 355 g/mol. The van der Waals surface area contributed by atoms with Crippen molar-refractivity contribution in [3.05, 3.63) is 29.8 Å². The van der Waals surface area contributed by atoms with Crippen molar-refractivity contribution < 1.29 is 32.3 Å². The Kier molecular flexibility index (Phi) is 6.99. The number of amides is 3. The van der Waals surface area contributed by atoms with Gasteiger partial charge in [0.15, 0.2) is 0 Å². The smallest absolute Gasteiger partial charge is 0.444 e. The molecule has 1 aromatic carbocycles. The summed E-state index contributed by atoms with van der Waals surface area (Å²) in [5, 5.41) is 6.53. The van der Waals surface area contributed by atoms with Gasteiger partial charge in [0.2, 0.25) is 5.91 Å². The minimum atomic E-state index is -4.94. The van der Waals surface area contributed by atoms with Gasteiger partial charge in [0.25, 0.3) is 0 Å².